The van der Waals surface area contributed by atoms with Crippen LogP contribution in [0.1, 0.15) is 42.5 Å². The molecule has 148 valence electrons. The topological polar surface area (TPSA) is 101 Å². The van der Waals surface area contributed by atoms with Crippen LogP contribution in [0.25, 0.3) is 16.7 Å². The van der Waals surface area contributed by atoms with Crippen molar-refractivity contribution in [1.29, 1.82) is 0 Å². The molecule has 2 heterocycles. The summed E-state index contributed by atoms with van der Waals surface area (Å²) in [4.78, 5) is 21.3. The van der Waals surface area contributed by atoms with Crippen LogP contribution in [0.4, 0.5) is 0 Å². The molecule has 2 N–H and O–H groups in total. The molecule has 0 aliphatic carbocycles. The third-order valence-corrected chi connectivity index (χ3v) is 5.04. The molecule has 0 aliphatic heterocycles. The van der Waals surface area contributed by atoms with Crippen molar-refractivity contribution in [3.8, 4) is 5.69 Å². The molecule has 2 aromatic heterocycles. The lowest BCUT2D eigenvalue weighted by Crippen LogP contribution is -2.31. The first-order chi connectivity index (χ1) is 14.0. The Morgan fingerprint density at radius 2 is 2.07 bits per heavy atom. The van der Waals surface area contributed by atoms with Gasteiger partial charge in [-0.15, -0.1) is 5.10 Å². The predicted molar refractivity (Wildman–Crippen MR) is 113 cm³/mol. The minimum absolute atomic E-state index is 0.220. The van der Waals surface area contributed by atoms with E-state index in [1.54, 1.807) is 12.1 Å². The van der Waals surface area contributed by atoms with E-state index in [0.717, 1.165) is 27.8 Å². The van der Waals surface area contributed by atoms with Crippen LogP contribution in [-0.2, 0) is 0 Å². The summed E-state index contributed by atoms with van der Waals surface area (Å²) in [5, 5.41) is 14.4. The fourth-order valence-electron chi connectivity index (χ4n) is 3.25. The molecule has 29 heavy (non-hydrogen) atoms. The van der Waals surface area contributed by atoms with Crippen LogP contribution in [0.5, 0.6) is 0 Å². The number of carbonyl (C=O) groups is 1. The Labute approximate surface area is 175 Å². The second-order valence-electron chi connectivity index (χ2n) is 7.21. The second kappa shape index (κ2) is 8.12. The van der Waals surface area contributed by atoms with Crippen LogP contribution in [0.2, 0.25) is 0 Å². The number of aromatic nitrogens is 6. The maximum Gasteiger partial charge on any atom is 0.254 e. The lowest BCUT2D eigenvalue weighted by atomic mass is 10.0. The number of nitrogens with one attached hydrogen (secondary N) is 2. The number of halogens is 1. The quantitative estimate of drug-likeness (QED) is 0.461. The smallest absolute Gasteiger partial charge is 0.254 e. The number of carbonyl (C=O) groups excluding carboxylic acids is 1. The average Bonchev–Trinajstić information content (AvgIpc) is 3.36. The number of rotatable bonds is 6. The Hall–Kier alpha value is -3.07. The van der Waals surface area contributed by atoms with E-state index in [0.29, 0.717) is 17.2 Å². The summed E-state index contributed by atoms with van der Waals surface area (Å²) in [7, 11) is 0. The lowest BCUT2D eigenvalue weighted by Gasteiger charge is -2.19. The maximum atomic E-state index is 13.2. The molecule has 0 spiro atoms. The van der Waals surface area contributed by atoms with Gasteiger partial charge in [0, 0.05) is 4.47 Å². The van der Waals surface area contributed by atoms with Gasteiger partial charge in [-0.3, -0.25) is 4.79 Å². The fraction of sp³-hybridized carbons (Fsp3) is 0.250. The van der Waals surface area contributed by atoms with Crippen LogP contribution in [0.3, 0.4) is 0 Å². The van der Waals surface area contributed by atoms with Gasteiger partial charge in [0.15, 0.2) is 0 Å². The van der Waals surface area contributed by atoms with Crippen LogP contribution in [0, 0.1) is 5.92 Å². The van der Waals surface area contributed by atoms with Crippen molar-refractivity contribution in [2.24, 2.45) is 5.92 Å². The van der Waals surface area contributed by atoms with Crippen LogP contribution < -0.4 is 5.32 Å². The molecular weight excluding hydrogens is 434 g/mol. The van der Waals surface area contributed by atoms with Gasteiger partial charge in [0.05, 0.1) is 28.3 Å². The normalized spacial score (nSPS) is 12.4. The van der Waals surface area contributed by atoms with Gasteiger partial charge in [-0.2, -0.15) is 4.68 Å². The zero-order valence-electron chi connectivity index (χ0n) is 16.0. The van der Waals surface area contributed by atoms with Crippen molar-refractivity contribution in [3.05, 3.63) is 64.7 Å². The number of hydrogen-bond acceptors (Lipinski definition) is 5. The summed E-state index contributed by atoms with van der Waals surface area (Å²) < 4.78 is 2.27. The zero-order valence-corrected chi connectivity index (χ0v) is 17.6. The van der Waals surface area contributed by atoms with Crippen molar-refractivity contribution in [3.63, 3.8) is 0 Å². The maximum absolute atomic E-state index is 13.2. The molecule has 0 saturated heterocycles. The number of aromatic amines is 1. The van der Waals surface area contributed by atoms with E-state index < -0.39 is 0 Å². The van der Waals surface area contributed by atoms with Crippen LogP contribution in [0.15, 0.2) is 53.3 Å². The molecule has 9 heteroatoms. The first-order valence-corrected chi connectivity index (χ1v) is 10.1. The van der Waals surface area contributed by atoms with Gasteiger partial charge in [0.2, 0.25) is 0 Å². The first kappa shape index (κ1) is 19.3. The summed E-state index contributed by atoms with van der Waals surface area (Å²) in [6, 6.07) is 13.0. The number of para-hydroxylation sites is 2. The molecule has 8 nitrogen and oxygen atoms in total. The van der Waals surface area contributed by atoms with E-state index in [2.05, 4.69) is 60.6 Å². The molecule has 2 aromatic carbocycles. The third kappa shape index (κ3) is 4.19. The molecule has 0 fully saturated rings. The fourth-order valence-corrected chi connectivity index (χ4v) is 3.61. The van der Waals surface area contributed by atoms with Crippen molar-refractivity contribution in [1.82, 2.24) is 35.5 Å². The number of H-pyrrole nitrogens is 1. The highest BCUT2D eigenvalue weighted by molar-refractivity contribution is 9.10. The standard InChI is InChI=1S/C20H20BrN7O/c1-12(2)9-17(19-23-15-5-3-4-6-16(15)24-19)25-20(29)14-10-13(21)7-8-18(14)28-11-22-26-27-28/h3-8,10-12,17H,9H2,1-2H3,(H,23,24)(H,25,29). The van der Waals surface area contributed by atoms with E-state index in [1.165, 1.54) is 11.0 Å². The van der Waals surface area contributed by atoms with Gasteiger partial charge in [-0.05, 0) is 53.1 Å². The Balaban J connectivity index is 1.68. The van der Waals surface area contributed by atoms with Crippen LogP contribution in [-0.4, -0.2) is 36.1 Å². The van der Waals surface area contributed by atoms with Gasteiger partial charge in [0.25, 0.3) is 5.91 Å². The van der Waals surface area contributed by atoms with Crippen LogP contribution >= 0.6 is 15.9 Å². The van der Waals surface area contributed by atoms with E-state index in [1.807, 2.05) is 30.3 Å². The van der Waals surface area contributed by atoms with Gasteiger partial charge in [-0.25, -0.2) is 4.98 Å². The Kier molecular flexibility index (Phi) is 5.39. The Morgan fingerprint density at radius 3 is 2.79 bits per heavy atom. The van der Waals surface area contributed by atoms with Gasteiger partial charge in [0.1, 0.15) is 12.2 Å². The van der Waals surface area contributed by atoms with Crippen molar-refractivity contribution in [2.45, 2.75) is 26.3 Å². The summed E-state index contributed by atoms with van der Waals surface area (Å²) in [5.74, 6) is 0.894. The molecule has 0 bridgehead atoms. The van der Waals surface area contributed by atoms with E-state index in [4.69, 9.17) is 0 Å². The van der Waals surface area contributed by atoms with Gasteiger partial charge >= 0.3 is 0 Å². The first-order valence-electron chi connectivity index (χ1n) is 9.29. The minimum Gasteiger partial charge on any atom is -0.342 e. The third-order valence-electron chi connectivity index (χ3n) is 4.55. The second-order valence-corrected chi connectivity index (χ2v) is 8.13. The monoisotopic (exact) mass is 453 g/mol. The Bertz CT molecular complexity index is 1100. The van der Waals surface area contributed by atoms with E-state index in [-0.39, 0.29) is 11.9 Å². The molecule has 0 aliphatic rings. The molecule has 0 saturated carbocycles. The highest BCUT2D eigenvalue weighted by Gasteiger charge is 2.23. The van der Waals surface area contributed by atoms with Gasteiger partial charge < -0.3 is 10.3 Å². The van der Waals surface area contributed by atoms with E-state index in [9.17, 15) is 4.79 Å². The number of benzene rings is 2. The number of amides is 1. The van der Waals surface area contributed by atoms with Gasteiger partial charge in [-0.1, -0.05) is 41.9 Å². The van der Waals surface area contributed by atoms with E-state index >= 15 is 0 Å². The molecule has 4 rings (SSSR count). The summed E-state index contributed by atoms with van der Waals surface area (Å²) in [6.07, 6.45) is 2.21. The molecule has 0 radical (unpaired) electrons. The SMILES string of the molecule is CC(C)CC(NC(=O)c1cc(Br)ccc1-n1cnnn1)c1nc2ccccc2[nH]1. The lowest BCUT2D eigenvalue weighted by molar-refractivity contribution is 0.0930. The largest absolute Gasteiger partial charge is 0.342 e. The average molecular weight is 454 g/mol. The number of fused-ring (bicyclic) bond motifs is 1. The highest BCUT2D eigenvalue weighted by Crippen LogP contribution is 2.24. The number of imidazole rings is 1. The summed E-state index contributed by atoms with van der Waals surface area (Å²) >= 11 is 3.44. The zero-order chi connectivity index (χ0) is 20.4. The Morgan fingerprint density at radius 1 is 1.24 bits per heavy atom. The van der Waals surface area contributed by atoms with Crippen molar-refractivity contribution < 1.29 is 4.79 Å². The molecule has 1 amide bonds. The molecule has 4 aromatic rings. The molecule has 1 unspecified atom stereocenters. The molecular formula is C20H20BrN7O. The molecule has 1 atom stereocenters. The number of tetrazole rings is 1. The van der Waals surface area contributed by atoms with Crippen molar-refractivity contribution in [2.75, 3.05) is 0 Å². The number of nitrogens with zero attached hydrogens (tertiary/aromatic N) is 5. The number of hydrogen-bond donors (Lipinski definition) is 2. The highest BCUT2D eigenvalue weighted by atomic mass is 79.9. The minimum atomic E-state index is -0.254. The predicted octanol–water partition coefficient (Wildman–Crippen LogP) is 3.82. The summed E-state index contributed by atoms with van der Waals surface area (Å²) in [5.41, 5.74) is 2.89. The summed E-state index contributed by atoms with van der Waals surface area (Å²) in [6.45, 7) is 4.24. The van der Waals surface area contributed by atoms with Crippen molar-refractivity contribution >= 4 is 32.9 Å².